The van der Waals surface area contributed by atoms with E-state index in [1.165, 1.54) is 11.3 Å². The Morgan fingerprint density at radius 2 is 2.16 bits per heavy atom. The number of rotatable bonds is 4. The molecule has 106 valence electrons. The average molecular weight is 283 g/mol. The zero-order chi connectivity index (χ0) is 14.0. The first-order valence-corrected chi connectivity index (χ1v) is 7.52. The summed E-state index contributed by atoms with van der Waals surface area (Å²) in [5.74, 6) is -0.0649. The molecular weight excluding hydrogens is 262 g/mol. The number of ether oxygens (including phenoxy) is 1. The van der Waals surface area contributed by atoms with Crippen LogP contribution < -0.4 is 0 Å². The number of hydrogen-bond acceptors (Lipinski definition) is 4. The molecule has 1 saturated carbocycles. The molecule has 1 N–H and O–H groups in total. The van der Waals surface area contributed by atoms with Crippen molar-refractivity contribution in [3.63, 3.8) is 0 Å². The number of aromatic nitrogens is 1. The quantitative estimate of drug-likeness (QED) is 0.922. The number of carbonyl (C=O) groups is 1. The monoisotopic (exact) mass is 283 g/mol. The summed E-state index contributed by atoms with van der Waals surface area (Å²) in [6.07, 6.45) is 4.29. The third-order valence-corrected chi connectivity index (χ3v) is 5.41. The lowest BCUT2D eigenvalue weighted by atomic mass is 9.80. The second-order valence-electron chi connectivity index (χ2n) is 5.48. The van der Waals surface area contributed by atoms with Crippen LogP contribution in [0.3, 0.4) is 0 Å². The third kappa shape index (κ3) is 2.98. The fourth-order valence-electron chi connectivity index (χ4n) is 2.66. The first kappa shape index (κ1) is 14.5. The maximum Gasteiger partial charge on any atom is 0.308 e. The minimum atomic E-state index is -0.804. The van der Waals surface area contributed by atoms with Crippen molar-refractivity contribution in [3.8, 4) is 0 Å². The van der Waals surface area contributed by atoms with Gasteiger partial charge >= 0.3 is 5.97 Å². The van der Waals surface area contributed by atoms with Gasteiger partial charge in [0.05, 0.1) is 12.1 Å². The van der Waals surface area contributed by atoms with Crippen molar-refractivity contribution in [1.29, 1.82) is 0 Å². The molecule has 1 aliphatic carbocycles. The van der Waals surface area contributed by atoms with Crippen molar-refractivity contribution in [2.24, 2.45) is 5.92 Å². The minimum Gasteiger partial charge on any atom is -0.481 e. The Balaban J connectivity index is 2.26. The van der Waals surface area contributed by atoms with Crippen LogP contribution in [-0.2, 0) is 21.6 Å². The lowest BCUT2D eigenvalue weighted by molar-refractivity contribution is -0.136. The molecule has 19 heavy (non-hydrogen) atoms. The molecule has 5 heteroatoms. The Bertz CT molecular complexity index is 461. The van der Waals surface area contributed by atoms with Gasteiger partial charge in [-0.1, -0.05) is 6.92 Å². The van der Waals surface area contributed by atoms with E-state index >= 15 is 0 Å². The number of hydrogen-bond donors (Lipinski definition) is 1. The fraction of sp³-hybridized carbons (Fsp3) is 0.714. The molecule has 1 aromatic heterocycles. The number of carboxylic acids is 1. The molecule has 0 bridgehead atoms. The standard InChI is InChI=1S/C14H21NO3S/c1-9-4-6-14(18-3,7-5-9)13-15-10(2)11(19-13)8-12(16)17/h9H,4-8H2,1-3H3,(H,16,17). The first-order valence-electron chi connectivity index (χ1n) is 6.70. The predicted molar refractivity (Wildman–Crippen MR) is 74.5 cm³/mol. The minimum absolute atomic E-state index is 0.0553. The molecule has 0 unspecified atom stereocenters. The van der Waals surface area contributed by atoms with Gasteiger partial charge in [-0.3, -0.25) is 4.79 Å². The largest absolute Gasteiger partial charge is 0.481 e. The van der Waals surface area contributed by atoms with Crippen molar-refractivity contribution in [2.75, 3.05) is 7.11 Å². The van der Waals surface area contributed by atoms with E-state index in [4.69, 9.17) is 9.84 Å². The number of aryl methyl sites for hydroxylation is 1. The summed E-state index contributed by atoms with van der Waals surface area (Å²) < 4.78 is 5.79. The highest BCUT2D eigenvalue weighted by Crippen LogP contribution is 2.44. The van der Waals surface area contributed by atoms with Crippen LogP contribution >= 0.6 is 11.3 Å². The summed E-state index contributed by atoms with van der Waals surface area (Å²) in [7, 11) is 1.74. The van der Waals surface area contributed by atoms with Gasteiger partial charge in [0.25, 0.3) is 0 Å². The van der Waals surface area contributed by atoms with Gasteiger partial charge in [0, 0.05) is 12.0 Å². The van der Waals surface area contributed by atoms with Crippen molar-refractivity contribution in [1.82, 2.24) is 4.98 Å². The van der Waals surface area contributed by atoms with Gasteiger partial charge in [-0.15, -0.1) is 11.3 Å². The van der Waals surface area contributed by atoms with Gasteiger partial charge in [-0.25, -0.2) is 4.98 Å². The van der Waals surface area contributed by atoms with Crippen LogP contribution in [0.5, 0.6) is 0 Å². The van der Waals surface area contributed by atoms with Crippen LogP contribution in [-0.4, -0.2) is 23.2 Å². The van der Waals surface area contributed by atoms with E-state index in [0.29, 0.717) is 0 Å². The van der Waals surface area contributed by atoms with Gasteiger partial charge in [0.1, 0.15) is 10.6 Å². The van der Waals surface area contributed by atoms with E-state index in [0.717, 1.165) is 47.2 Å². The van der Waals surface area contributed by atoms with Crippen molar-refractivity contribution < 1.29 is 14.6 Å². The van der Waals surface area contributed by atoms with Crippen LogP contribution in [0.25, 0.3) is 0 Å². The average Bonchev–Trinajstić information content (AvgIpc) is 2.72. The van der Waals surface area contributed by atoms with Gasteiger partial charge in [-0.2, -0.15) is 0 Å². The van der Waals surface area contributed by atoms with Gasteiger partial charge < -0.3 is 9.84 Å². The predicted octanol–water partition coefficient (Wildman–Crippen LogP) is 3.13. The highest BCUT2D eigenvalue weighted by atomic mass is 32.1. The van der Waals surface area contributed by atoms with Gasteiger partial charge in [-0.05, 0) is 38.5 Å². The fourth-order valence-corrected chi connectivity index (χ4v) is 3.94. The SMILES string of the molecule is COC1(c2nc(C)c(CC(=O)O)s2)CCC(C)CC1. The maximum atomic E-state index is 10.8. The summed E-state index contributed by atoms with van der Waals surface area (Å²) in [6.45, 7) is 4.15. The summed E-state index contributed by atoms with van der Waals surface area (Å²) in [6, 6.07) is 0. The molecule has 1 heterocycles. The van der Waals surface area contributed by atoms with Crippen molar-refractivity contribution in [3.05, 3.63) is 15.6 Å². The molecule has 0 saturated heterocycles. The van der Waals surface area contributed by atoms with Crippen LogP contribution in [0.1, 0.15) is 48.2 Å². The Hall–Kier alpha value is -0.940. The van der Waals surface area contributed by atoms with Gasteiger partial charge in [0.2, 0.25) is 0 Å². The molecule has 0 atom stereocenters. The molecule has 4 nitrogen and oxygen atoms in total. The molecule has 0 spiro atoms. The molecule has 1 fully saturated rings. The summed E-state index contributed by atoms with van der Waals surface area (Å²) in [5.41, 5.74) is 0.538. The van der Waals surface area contributed by atoms with Crippen LogP contribution in [0.4, 0.5) is 0 Å². The topological polar surface area (TPSA) is 59.4 Å². The Kier molecular flexibility index (Phi) is 4.26. The summed E-state index contributed by atoms with van der Waals surface area (Å²) in [4.78, 5) is 16.3. The number of methoxy groups -OCH3 is 1. The van der Waals surface area contributed by atoms with Crippen LogP contribution in [0.2, 0.25) is 0 Å². The number of aliphatic carboxylic acids is 1. The van der Waals surface area contributed by atoms with E-state index in [-0.39, 0.29) is 12.0 Å². The van der Waals surface area contributed by atoms with E-state index in [9.17, 15) is 4.79 Å². The van der Waals surface area contributed by atoms with Crippen molar-refractivity contribution in [2.45, 2.75) is 51.6 Å². The smallest absolute Gasteiger partial charge is 0.308 e. The number of carboxylic acid groups (broad SMARTS) is 1. The molecule has 2 rings (SSSR count). The zero-order valence-electron chi connectivity index (χ0n) is 11.7. The second-order valence-corrected chi connectivity index (χ2v) is 6.56. The Morgan fingerprint density at radius 3 is 2.68 bits per heavy atom. The van der Waals surface area contributed by atoms with Crippen LogP contribution in [0.15, 0.2) is 0 Å². The normalized spacial score (nSPS) is 27.4. The zero-order valence-corrected chi connectivity index (χ0v) is 12.5. The lowest BCUT2D eigenvalue weighted by Crippen LogP contribution is -2.33. The van der Waals surface area contributed by atoms with Gasteiger partial charge in [0.15, 0.2) is 0 Å². The Labute approximate surface area is 117 Å². The summed E-state index contributed by atoms with van der Waals surface area (Å²) >= 11 is 1.50. The highest BCUT2D eigenvalue weighted by Gasteiger charge is 2.39. The number of nitrogens with zero attached hydrogens (tertiary/aromatic N) is 1. The third-order valence-electron chi connectivity index (χ3n) is 4.07. The van der Waals surface area contributed by atoms with Crippen molar-refractivity contribution >= 4 is 17.3 Å². The molecule has 1 aliphatic rings. The molecule has 0 radical (unpaired) electrons. The van der Waals surface area contributed by atoms with E-state index < -0.39 is 5.97 Å². The molecular formula is C14H21NO3S. The lowest BCUT2D eigenvalue weighted by Gasteiger charge is -2.36. The highest BCUT2D eigenvalue weighted by molar-refractivity contribution is 7.12. The van der Waals surface area contributed by atoms with E-state index in [1.54, 1.807) is 7.11 Å². The number of thiazole rings is 1. The summed E-state index contributed by atoms with van der Waals surface area (Å²) in [5, 5.41) is 9.87. The van der Waals surface area contributed by atoms with Crippen LogP contribution in [0, 0.1) is 12.8 Å². The first-order chi connectivity index (χ1) is 8.97. The Morgan fingerprint density at radius 1 is 1.53 bits per heavy atom. The molecule has 0 amide bonds. The molecule has 1 aromatic rings. The molecule has 0 aliphatic heterocycles. The second kappa shape index (κ2) is 5.59. The maximum absolute atomic E-state index is 10.8. The molecule has 0 aromatic carbocycles. The van der Waals surface area contributed by atoms with E-state index in [2.05, 4.69) is 11.9 Å². The van der Waals surface area contributed by atoms with E-state index in [1.807, 2.05) is 6.92 Å².